The lowest BCUT2D eigenvalue weighted by molar-refractivity contribution is -0.137. The zero-order valence-corrected chi connectivity index (χ0v) is 13.6. The highest BCUT2D eigenvalue weighted by molar-refractivity contribution is 5.96. The number of amides is 1. The maximum absolute atomic E-state index is 12.7. The summed E-state index contributed by atoms with van der Waals surface area (Å²) >= 11 is 0. The number of nitrogens with one attached hydrogen (secondary N) is 1. The van der Waals surface area contributed by atoms with Crippen molar-refractivity contribution >= 4 is 24.2 Å². The van der Waals surface area contributed by atoms with Gasteiger partial charge in [-0.05, 0) is 36.8 Å². The highest BCUT2D eigenvalue weighted by Crippen LogP contribution is 2.32. The molecule has 5 nitrogen and oxygen atoms in total. The molecule has 1 aliphatic rings. The molecule has 1 amide bonds. The molecule has 1 atom stereocenters. The largest absolute Gasteiger partial charge is 0.416 e. The molecule has 0 aliphatic carbocycles. The zero-order chi connectivity index (χ0) is 18.9. The van der Waals surface area contributed by atoms with E-state index < -0.39 is 23.7 Å². The summed E-state index contributed by atoms with van der Waals surface area (Å²) in [6.45, 7) is 1.42. The maximum atomic E-state index is 12.7. The molecule has 0 saturated heterocycles. The van der Waals surface area contributed by atoms with Crippen molar-refractivity contribution in [1.82, 2.24) is 10.4 Å². The van der Waals surface area contributed by atoms with Crippen LogP contribution in [0.2, 0.25) is 0 Å². The van der Waals surface area contributed by atoms with Gasteiger partial charge in [0.2, 0.25) is 0 Å². The highest BCUT2D eigenvalue weighted by Gasteiger charge is 2.31. The zero-order valence-electron chi connectivity index (χ0n) is 13.6. The second-order valence-corrected chi connectivity index (χ2v) is 5.76. The van der Waals surface area contributed by atoms with Gasteiger partial charge in [-0.25, -0.2) is 4.99 Å². The Morgan fingerprint density at radius 1 is 1.23 bits per heavy atom. The Hall–Kier alpha value is -3.16. The van der Waals surface area contributed by atoms with E-state index in [4.69, 9.17) is 0 Å². The fraction of sp³-hybridized carbons (Fsp3) is 0.167. The van der Waals surface area contributed by atoms with Crippen LogP contribution >= 0.6 is 0 Å². The third-order valence-corrected chi connectivity index (χ3v) is 4.03. The topological polar surface area (TPSA) is 61.8 Å². The Kier molecular flexibility index (Phi) is 4.50. The SMILES string of the molecule is Cc1cc(C(F)(F)F)ccc1C(=O)NN1C=Nc2ccccc2C1C=O. The molecule has 0 spiro atoms. The van der Waals surface area contributed by atoms with Gasteiger partial charge in [-0.15, -0.1) is 0 Å². The molecular formula is C18H14F3N3O2. The van der Waals surface area contributed by atoms with Crippen LogP contribution in [0.5, 0.6) is 0 Å². The number of halogens is 3. The van der Waals surface area contributed by atoms with Gasteiger partial charge in [0.25, 0.3) is 5.91 Å². The summed E-state index contributed by atoms with van der Waals surface area (Å²) in [4.78, 5) is 28.1. The molecule has 134 valence electrons. The predicted molar refractivity (Wildman–Crippen MR) is 88.9 cm³/mol. The second-order valence-electron chi connectivity index (χ2n) is 5.76. The minimum Gasteiger partial charge on any atom is -0.301 e. The number of aldehydes is 1. The molecular weight excluding hydrogens is 347 g/mol. The average Bonchev–Trinajstić information content (AvgIpc) is 2.60. The number of hydrazine groups is 1. The van der Waals surface area contributed by atoms with Gasteiger partial charge < -0.3 is 4.79 Å². The minimum atomic E-state index is -4.48. The van der Waals surface area contributed by atoms with Crippen LogP contribution < -0.4 is 5.43 Å². The number of carbonyl (C=O) groups excluding carboxylic acids is 2. The number of benzene rings is 2. The average molecular weight is 361 g/mol. The van der Waals surface area contributed by atoms with Gasteiger partial charge in [0.15, 0.2) is 0 Å². The molecule has 0 radical (unpaired) electrons. The number of nitrogens with zero attached hydrogens (tertiary/aromatic N) is 2. The van der Waals surface area contributed by atoms with Gasteiger partial charge in [-0.2, -0.15) is 13.2 Å². The molecule has 1 N–H and O–H groups in total. The molecule has 0 bridgehead atoms. The summed E-state index contributed by atoms with van der Waals surface area (Å²) in [7, 11) is 0. The summed E-state index contributed by atoms with van der Waals surface area (Å²) in [5.74, 6) is -0.631. The number of rotatable bonds is 3. The molecule has 2 aromatic rings. The number of hydrogen-bond donors (Lipinski definition) is 1. The fourth-order valence-electron chi connectivity index (χ4n) is 2.71. The minimum absolute atomic E-state index is 0.0786. The van der Waals surface area contributed by atoms with E-state index in [1.54, 1.807) is 24.3 Å². The van der Waals surface area contributed by atoms with Crippen molar-refractivity contribution in [2.75, 3.05) is 0 Å². The first kappa shape index (κ1) is 17.7. The Balaban J connectivity index is 1.84. The smallest absolute Gasteiger partial charge is 0.301 e. The number of fused-ring (bicyclic) bond motifs is 1. The van der Waals surface area contributed by atoms with E-state index in [0.29, 0.717) is 17.5 Å². The Morgan fingerprint density at radius 2 is 1.96 bits per heavy atom. The molecule has 0 fully saturated rings. The summed E-state index contributed by atoms with van der Waals surface area (Å²) in [5.41, 5.74) is 3.17. The Bertz CT molecular complexity index is 893. The van der Waals surface area contributed by atoms with Crippen LogP contribution in [0, 0.1) is 6.92 Å². The lowest BCUT2D eigenvalue weighted by atomic mass is 10.0. The number of alkyl halides is 3. The molecule has 0 aromatic heterocycles. The number of aryl methyl sites for hydroxylation is 1. The van der Waals surface area contributed by atoms with Crippen molar-refractivity contribution < 1.29 is 22.8 Å². The first-order valence-electron chi connectivity index (χ1n) is 7.67. The van der Waals surface area contributed by atoms with Crippen LogP contribution in [0.15, 0.2) is 47.5 Å². The predicted octanol–water partition coefficient (Wildman–Crippen LogP) is 3.57. The standard InChI is InChI=1S/C18H14F3N3O2/c1-11-8-12(18(19,20)21)6-7-13(11)17(26)23-24-10-22-15-5-3-2-4-14(15)16(24)9-25/h2-10,16H,1H3,(H,23,26). The van der Waals surface area contributed by atoms with Crippen LogP contribution in [0.4, 0.5) is 18.9 Å². The monoisotopic (exact) mass is 361 g/mol. The normalized spacial score (nSPS) is 16.2. The third kappa shape index (κ3) is 3.30. The Labute approximate surface area is 147 Å². The lowest BCUT2D eigenvalue weighted by Gasteiger charge is -2.30. The van der Waals surface area contributed by atoms with E-state index >= 15 is 0 Å². The number of hydrogen-bond acceptors (Lipinski definition) is 4. The molecule has 1 aliphatic heterocycles. The van der Waals surface area contributed by atoms with Crippen LogP contribution in [0.1, 0.15) is 33.1 Å². The highest BCUT2D eigenvalue weighted by atomic mass is 19.4. The van der Waals surface area contributed by atoms with Crippen molar-refractivity contribution in [2.24, 2.45) is 4.99 Å². The summed E-state index contributed by atoms with van der Waals surface area (Å²) in [6, 6.07) is 9.06. The lowest BCUT2D eigenvalue weighted by Crippen LogP contribution is -2.45. The van der Waals surface area contributed by atoms with Crippen molar-refractivity contribution in [3.63, 3.8) is 0 Å². The maximum Gasteiger partial charge on any atom is 0.416 e. The second kappa shape index (κ2) is 6.62. The van der Waals surface area contributed by atoms with Gasteiger partial charge in [-0.1, -0.05) is 18.2 Å². The molecule has 2 aromatic carbocycles. The van der Waals surface area contributed by atoms with Gasteiger partial charge in [-0.3, -0.25) is 15.2 Å². The summed E-state index contributed by atoms with van der Waals surface area (Å²) < 4.78 is 38.2. The number of aliphatic imine (C=N–C) groups is 1. The van der Waals surface area contributed by atoms with E-state index in [0.717, 1.165) is 18.2 Å². The van der Waals surface area contributed by atoms with E-state index in [1.165, 1.54) is 18.3 Å². The summed E-state index contributed by atoms with van der Waals surface area (Å²) in [5, 5.41) is 1.23. The molecule has 0 saturated carbocycles. The van der Waals surface area contributed by atoms with Crippen molar-refractivity contribution in [2.45, 2.75) is 19.1 Å². The number of para-hydroxylation sites is 1. The van der Waals surface area contributed by atoms with Crippen molar-refractivity contribution in [3.05, 3.63) is 64.7 Å². The van der Waals surface area contributed by atoms with E-state index in [-0.39, 0.29) is 11.1 Å². The molecule has 8 heteroatoms. The first-order chi connectivity index (χ1) is 12.3. The van der Waals surface area contributed by atoms with Gasteiger partial charge in [0.1, 0.15) is 18.7 Å². The van der Waals surface area contributed by atoms with Crippen LogP contribution in [-0.2, 0) is 11.0 Å². The summed E-state index contributed by atoms with van der Waals surface area (Å²) in [6.07, 6.45) is -2.52. The van der Waals surface area contributed by atoms with E-state index in [2.05, 4.69) is 10.4 Å². The number of carbonyl (C=O) groups is 2. The van der Waals surface area contributed by atoms with Crippen LogP contribution in [-0.4, -0.2) is 23.5 Å². The Morgan fingerprint density at radius 3 is 2.62 bits per heavy atom. The van der Waals surface area contributed by atoms with Crippen molar-refractivity contribution in [1.29, 1.82) is 0 Å². The van der Waals surface area contributed by atoms with Crippen LogP contribution in [0.3, 0.4) is 0 Å². The molecule has 1 unspecified atom stereocenters. The fourth-order valence-corrected chi connectivity index (χ4v) is 2.71. The van der Waals surface area contributed by atoms with Crippen LogP contribution in [0.25, 0.3) is 0 Å². The van der Waals surface area contributed by atoms with Gasteiger partial charge >= 0.3 is 6.18 Å². The van der Waals surface area contributed by atoms with E-state index in [1.807, 2.05) is 0 Å². The van der Waals surface area contributed by atoms with Gasteiger partial charge in [0.05, 0.1) is 11.3 Å². The first-order valence-corrected chi connectivity index (χ1v) is 7.67. The quantitative estimate of drug-likeness (QED) is 0.850. The molecule has 1 heterocycles. The van der Waals surface area contributed by atoms with Gasteiger partial charge in [0, 0.05) is 11.1 Å². The van der Waals surface area contributed by atoms with Crippen molar-refractivity contribution in [3.8, 4) is 0 Å². The molecule has 3 rings (SSSR count). The van der Waals surface area contributed by atoms with E-state index in [9.17, 15) is 22.8 Å². The third-order valence-electron chi connectivity index (χ3n) is 4.03. The molecule has 26 heavy (non-hydrogen) atoms.